The molecule has 0 aliphatic heterocycles. The highest BCUT2D eigenvalue weighted by molar-refractivity contribution is 6.30. The Morgan fingerprint density at radius 1 is 1.57 bits per heavy atom. The monoisotopic (exact) mass is 214 g/mol. The number of carboxylic acids is 1. The minimum Gasteiger partial charge on any atom is -0.480 e. The van der Waals surface area contributed by atoms with Crippen LogP contribution in [0.2, 0.25) is 5.02 Å². The summed E-state index contributed by atoms with van der Waals surface area (Å²) in [5.41, 5.74) is 12.2. The molecule has 0 spiro atoms. The first kappa shape index (κ1) is 10.8. The number of carbonyl (C=O) groups is 1. The van der Waals surface area contributed by atoms with Crippen molar-refractivity contribution in [3.8, 4) is 0 Å². The Morgan fingerprint density at radius 3 is 2.79 bits per heavy atom. The molecule has 5 N–H and O–H groups in total. The quantitative estimate of drug-likeness (QED) is 0.652. The maximum Gasteiger partial charge on any atom is 0.320 e. The van der Waals surface area contributed by atoms with Crippen molar-refractivity contribution in [3.63, 3.8) is 0 Å². The van der Waals surface area contributed by atoms with Crippen molar-refractivity contribution in [1.82, 2.24) is 0 Å². The van der Waals surface area contributed by atoms with E-state index in [-0.39, 0.29) is 6.42 Å². The van der Waals surface area contributed by atoms with Crippen LogP contribution in [0.3, 0.4) is 0 Å². The van der Waals surface area contributed by atoms with E-state index in [1.807, 2.05) is 0 Å². The third-order valence-corrected chi connectivity index (χ3v) is 2.10. The number of carboxylic acid groups (broad SMARTS) is 1. The predicted octanol–water partition coefficient (Wildman–Crippen LogP) is 0.877. The van der Waals surface area contributed by atoms with Crippen LogP contribution in [0.25, 0.3) is 0 Å². The molecular formula is C9H11ClN2O2. The van der Waals surface area contributed by atoms with Gasteiger partial charge in [-0.2, -0.15) is 0 Å². The van der Waals surface area contributed by atoms with Crippen LogP contribution < -0.4 is 11.5 Å². The zero-order valence-electron chi connectivity index (χ0n) is 7.40. The Kier molecular flexibility index (Phi) is 3.33. The number of rotatable bonds is 3. The molecule has 1 atom stereocenters. The third-order valence-electron chi connectivity index (χ3n) is 1.86. The van der Waals surface area contributed by atoms with Gasteiger partial charge in [-0.25, -0.2) is 0 Å². The summed E-state index contributed by atoms with van der Waals surface area (Å²) in [6.45, 7) is 0. The van der Waals surface area contributed by atoms with E-state index in [0.29, 0.717) is 16.3 Å². The van der Waals surface area contributed by atoms with Crippen LogP contribution >= 0.6 is 11.6 Å². The van der Waals surface area contributed by atoms with E-state index in [1.54, 1.807) is 18.2 Å². The molecule has 0 saturated heterocycles. The lowest BCUT2D eigenvalue weighted by Crippen LogP contribution is -2.32. The Labute approximate surface area is 86.5 Å². The Morgan fingerprint density at radius 2 is 2.21 bits per heavy atom. The zero-order valence-corrected chi connectivity index (χ0v) is 8.16. The molecule has 0 heterocycles. The van der Waals surface area contributed by atoms with Gasteiger partial charge in [0.2, 0.25) is 0 Å². The number of hydrogen-bond acceptors (Lipinski definition) is 3. The second kappa shape index (κ2) is 4.30. The van der Waals surface area contributed by atoms with Crippen molar-refractivity contribution in [2.45, 2.75) is 12.5 Å². The van der Waals surface area contributed by atoms with Gasteiger partial charge in [0.15, 0.2) is 0 Å². The molecule has 1 aromatic rings. The van der Waals surface area contributed by atoms with Crippen molar-refractivity contribution in [3.05, 3.63) is 28.8 Å². The van der Waals surface area contributed by atoms with Gasteiger partial charge < -0.3 is 16.6 Å². The first-order valence-corrected chi connectivity index (χ1v) is 4.41. The number of anilines is 1. The molecule has 0 radical (unpaired) electrons. The van der Waals surface area contributed by atoms with Crippen LogP contribution in [0.4, 0.5) is 5.69 Å². The lowest BCUT2D eigenvalue weighted by Gasteiger charge is -2.09. The van der Waals surface area contributed by atoms with Crippen molar-refractivity contribution >= 4 is 23.3 Å². The van der Waals surface area contributed by atoms with Gasteiger partial charge in [0.05, 0.1) is 0 Å². The summed E-state index contributed by atoms with van der Waals surface area (Å²) >= 11 is 5.74. The van der Waals surface area contributed by atoms with E-state index in [4.69, 9.17) is 28.2 Å². The molecule has 76 valence electrons. The highest BCUT2D eigenvalue weighted by Crippen LogP contribution is 2.18. The molecule has 0 aromatic heterocycles. The van der Waals surface area contributed by atoms with E-state index in [2.05, 4.69) is 0 Å². The first-order chi connectivity index (χ1) is 6.50. The molecule has 1 unspecified atom stereocenters. The minimum absolute atomic E-state index is 0.182. The van der Waals surface area contributed by atoms with Crippen LogP contribution in [0, 0.1) is 0 Å². The maximum atomic E-state index is 10.5. The highest BCUT2D eigenvalue weighted by atomic mass is 35.5. The van der Waals surface area contributed by atoms with Gasteiger partial charge >= 0.3 is 5.97 Å². The van der Waals surface area contributed by atoms with Crippen LogP contribution in [-0.4, -0.2) is 17.1 Å². The number of halogens is 1. The Bertz CT molecular complexity index is 355. The maximum absolute atomic E-state index is 10.5. The highest BCUT2D eigenvalue weighted by Gasteiger charge is 2.13. The van der Waals surface area contributed by atoms with E-state index < -0.39 is 12.0 Å². The summed E-state index contributed by atoms with van der Waals surface area (Å²) in [6, 6.07) is 3.95. The summed E-state index contributed by atoms with van der Waals surface area (Å²) in [5, 5.41) is 9.12. The molecule has 4 nitrogen and oxygen atoms in total. The largest absolute Gasteiger partial charge is 0.480 e. The summed E-state index contributed by atoms with van der Waals surface area (Å²) < 4.78 is 0. The summed E-state index contributed by atoms with van der Waals surface area (Å²) in [5.74, 6) is -1.05. The van der Waals surface area contributed by atoms with Gasteiger partial charge in [0, 0.05) is 17.1 Å². The third kappa shape index (κ3) is 2.61. The van der Waals surface area contributed by atoms with Crippen molar-refractivity contribution in [1.29, 1.82) is 0 Å². The summed E-state index contributed by atoms with van der Waals surface area (Å²) in [4.78, 5) is 10.5. The molecule has 0 aliphatic carbocycles. The van der Waals surface area contributed by atoms with E-state index in [1.165, 1.54) is 0 Å². The lowest BCUT2D eigenvalue weighted by atomic mass is 10.1. The average molecular weight is 215 g/mol. The molecule has 1 rings (SSSR count). The molecule has 0 amide bonds. The molecule has 0 fully saturated rings. The lowest BCUT2D eigenvalue weighted by molar-refractivity contribution is -0.138. The zero-order chi connectivity index (χ0) is 10.7. The van der Waals surface area contributed by atoms with Gasteiger partial charge in [-0.1, -0.05) is 11.6 Å². The van der Waals surface area contributed by atoms with Crippen molar-refractivity contribution in [2.24, 2.45) is 5.73 Å². The van der Waals surface area contributed by atoms with Gasteiger partial charge in [0.1, 0.15) is 6.04 Å². The van der Waals surface area contributed by atoms with Crippen LogP contribution in [0.15, 0.2) is 18.2 Å². The number of aliphatic carboxylic acids is 1. The van der Waals surface area contributed by atoms with Crippen molar-refractivity contribution < 1.29 is 9.90 Å². The Hall–Kier alpha value is -1.26. The van der Waals surface area contributed by atoms with Gasteiger partial charge in [-0.3, -0.25) is 4.79 Å². The predicted molar refractivity (Wildman–Crippen MR) is 55.2 cm³/mol. The first-order valence-electron chi connectivity index (χ1n) is 4.03. The van der Waals surface area contributed by atoms with Crippen LogP contribution in [0.1, 0.15) is 5.56 Å². The van der Waals surface area contributed by atoms with Gasteiger partial charge in [-0.15, -0.1) is 0 Å². The van der Waals surface area contributed by atoms with E-state index in [9.17, 15) is 4.79 Å². The van der Waals surface area contributed by atoms with E-state index >= 15 is 0 Å². The molecule has 1 aromatic carbocycles. The Balaban J connectivity index is 2.85. The molecule has 5 heteroatoms. The number of hydrogen-bond donors (Lipinski definition) is 3. The smallest absolute Gasteiger partial charge is 0.320 e. The second-order valence-electron chi connectivity index (χ2n) is 2.99. The number of nitrogens with two attached hydrogens (primary N) is 2. The summed E-state index contributed by atoms with van der Waals surface area (Å²) in [6.07, 6.45) is 0.182. The van der Waals surface area contributed by atoms with Gasteiger partial charge in [-0.05, 0) is 23.8 Å². The summed E-state index contributed by atoms with van der Waals surface area (Å²) in [7, 11) is 0. The van der Waals surface area contributed by atoms with Gasteiger partial charge in [0.25, 0.3) is 0 Å². The fraction of sp³-hybridized carbons (Fsp3) is 0.222. The molecular weight excluding hydrogens is 204 g/mol. The molecule has 0 aliphatic rings. The molecule has 14 heavy (non-hydrogen) atoms. The second-order valence-corrected chi connectivity index (χ2v) is 3.43. The normalized spacial score (nSPS) is 12.4. The van der Waals surface area contributed by atoms with Crippen LogP contribution in [-0.2, 0) is 11.2 Å². The van der Waals surface area contributed by atoms with Crippen molar-refractivity contribution in [2.75, 3.05) is 5.73 Å². The number of benzene rings is 1. The SMILES string of the molecule is Nc1ccc(Cl)cc1CC(N)C(=O)O. The van der Waals surface area contributed by atoms with Crippen LogP contribution in [0.5, 0.6) is 0 Å². The molecule has 0 saturated carbocycles. The number of nitrogen functional groups attached to an aromatic ring is 1. The fourth-order valence-electron chi connectivity index (χ4n) is 1.08. The topological polar surface area (TPSA) is 89.3 Å². The molecule has 0 bridgehead atoms. The average Bonchev–Trinajstić information content (AvgIpc) is 2.11. The standard InChI is InChI=1S/C9H11ClN2O2/c10-6-1-2-7(11)5(3-6)4-8(12)9(13)14/h1-3,8H,4,11-12H2,(H,13,14). The van der Waals surface area contributed by atoms with E-state index in [0.717, 1.165) is 0 Å². The fourth-order valence-corrected chi connectivity index (χ4v) is 1.27. The minimum atomic E-state index is -1.05.